The van der Waals surface area contributed by atoms with Crippen molar-refractivity contribution in [3.63, 3.8) is 0 Å². The standard InChI is InChI=1S/C16H13ClF3NO3S/c17-12-3-7-14(8-4-12)25(23,24)10-9-15(22)21-13-5-1-11(2-6-13)16(18,19)20/h1-8H,9-10H2,(H,21,22). The second kappa shape index (κ2) is 7.45. The molecule has 2 aromatic carbocycles. The first-order valence-corrected chi connectivity index (χ1v) is 9.06. The Labute approximate surface area is 147 Å². The summed E-state index contributed by atoms with van der Waals surface area (Å²) in [5.41, 5.74) is -0.683. The first kappa shape index (κ1) is 19.3. The number of hydrogen-bond donors (Lipinski definition) is 1. The lowest BCUT2D eigenvalue weighted by Gasteiger charge is -2.09. The first-order valence-electron chi connectivity index (χ1n) is 7.03. The topological polar surface area (TPSA) is 63.2 Å². The van der Waals surface area contributed by atoms with E-state index in [1.165, 1.54) is 24.3 Å². The zero-order valence-corrected chi connectivity index (χ0v) is 14.3. The molecule has 9 heteroatoms. The molecule has 0 spiro atoms. The van der Waals surface area contributed by atoms with Gasteiger partial charge in [-0.2, -0.15) is 13.2 Å². The van der Waals surface area contributed by atoms with Crippen LogP contribution in [0.25, 0.3) is 0 Å². The van der Waals surface area contributed by atoms with Crippen molar-refractivity contribution in [1.82, 2.24) is 0 Å². The summed E-state index contributed by atoms with van der Waals surface area (Å²) < 4.78 is 61.6. The van der Waals surface area contributed by atoms with Crippen molar-refractivity contribution in [3.8, 4) is 0 Å². The van der Waals surface area contributed by atoms with Crippen molar-refractivity contribution in [2.24, 2.45) is 0 Å². The number of rotatable bonds is 5. The van der Waals surface area contributed by atoms with Gasteiger partial charge in [-0.15, -0.1) is 0 Å². The van der Waals surface area contributed by atoms with Crippen LogP contribution in [0.3, 0.4) is 0 Å². The Morgan fingerprint density at radius 2 is 1.56 bits per heavy atom. The van der Waals surface area contributed by atoms with Crippen molar-refractivity contribution in [2.75, 3.05) is 11.1 Å². The van der Waals surface area contributed by atoms with Gasteiger partial charge in [-0.3, -0.25) is 4.79 Å². The fraction of sp³-hybridized carbons (Fsp3) is 0.188. The van der Waals surface area contributed by atoms with Crippen molar-refractivity contribution in [1.29, 1.82) is 0 Å². The van der Waals surface area contributed by atoms with Gasteiger partial charge in [0, 0.05) is 17.1 Å². The average molecular weight is 392 g/mol. The van der Waals surface area contributed by atoms with Crippen LogP contribution >= 0.6 is 11.6 Å². The van der Waals surface area contributed by atoms with Crippen molar-refractivity contribution >= 4 is 33.0 Å². The highest BCUT2D eigenvalue weighted by atomic mass is 35.5. The number of amides is 1. The second-order valence-electron chi connectivity index (χ2n) is 5.15. The number of carbonyl (C=O) groups excluding carboxylic acids is 1. The van der Waals surface area contributed by atoms with E-state index in [2.05, 4.69) is 5.32 Å². The summed E-state index contributed by atoms with van der Waals surface area (Å²) in [6.07, 6.45) is -4.79. The van der Waals surface area contributed by atoms with Gasteiger partial charge < -0.3 is 5.32 Å². The van der Waals surface area contributed by atoms with E-state index in [0.717, 1.165) is 24.3 Å². The fourth-order valence-corrected chi connectivity index (χ4v) is 3.32. The van der Waals surface area contributed by atoms with Crippen LogP contribution in [0.5, 0.6) is 0 Å². The predicted octanol–water partition coefficient (Wildman–Crippen LogP) is 4.16. The molecule has 0 heterocycles. The molecule has 0 fully saturated rings. The summed E-state index contributed by atoms with van der Waals surface area (Å²) in [6, 6.07) is 9.41. The number of hydrogen-bond acceptors (Lipinski definition) is 3. The van der Waals surface area contributed by atoms with Crippen LogP contribution in [0, 0.1) is 0 Å². The normalized spacial score (nSPS) is 12.0. The number of carbonyl (C=O) groups is 1. The molecule has 0 aliphatic heterocycles. The summed E-state index contributed by atoms with van der Waals surface area (Å²) in [4.78, 5) is 11.8. The van der Waals surface area contributed by atoms with E-state index in [-0.39, 0.29) is 17.0 Å². The first-order chi connectivity index (χ1) is 11.6. The smallest absolute Gasteiger partial charge is 0.326 e. The molecule has 0 saturated carbocycles. The van der Waals surface area contributed by atoms with Crippen molar-refractivity contribution in [2.45, 2.75) is 17.5 Å². The molecule has 0 aromatic heterocycles. The second-order valence-corrected chi connectivity index (χ2v) is 7.69. The van der Waals surface area contributed by atoms with Gasteiger partial charge in [-0.05, 0) is 48.5 Å². The van der Waals surface area contributed by atoms with Crippen molar-refractivity contribution < 1.29 is 26.4 Å². The third-order valence-electron chi connectivity index (χ3n) is 3.27. The van der Waals surface area contributed by atoms with Crippen molar-refractivity contribution in [3.05, 3.63) is 59.1 Å². The Balaban J connectivity index is 1.95. The summed E-state index contributed by atoms with van der Waals surface area (Å²) in [5, 5.41) is 2.75. The average Bonchev–Trinajstić information content (AvgIpc) is 2.53. The summed E-state index contributed by atoms with van der Waals surface area (Å²) >= 11 is 5.69. The molecule has 0 bridgehead atoms. The summed E-state index contributed by atoms with van der Waals surface area (Å²) in [6.45, 7) is 0. The minimum Gasteiger partial charge on any atom is -0.326 e. The molecular formula is C16H13ClF3NO3S. The van der Waals surface area contributed by atoms with E-state index in [9.17, 15) is 26.4 Å². The van der Waals surface area contributed by atoms with Crippen LogP contribution in [0.15, 0.2) is 53.4 Å². The van der Waals surface area contributed by atoms with Crippen LogP contribution in [-0.4, -0.2) is 20.1 Å². The molecule has 1 N–H and O–H groups in total. The van der Waals surface area contributed by atoms with E-state index in [1.54, 1.807) is 0 Å². The van der Waals surface area contributed by atoms with Crippen LogP contribution in [-0.2, 0) is 20.8 Å². The molecule has 1 amide bonds. The molecule has 0 atom stereocenters. The molecule has 25 heavy (non-hydrogen) atoms. The molecule has 0 aliphatic carbocycles. The van der Waals surface area contributed by atoms with Gasteiger partial charge in [0.2, 0.25) is 5.91 Å². The van der Waals surface area contributed by atoms with E-state index in [0.29, 0.717) is 5.02 Å². The number of sulfone groups is 1. The third kappa shape index (κ3) is 5.47. The van der Waals surface area contributed by atoms with Crippen LogP contribution in [0.1, 0.15) is 12.0 Å². The lowest BCUT2D eigenvalue weighted by molar-refractivity contribution is -0.137. The Kier molecular flexibility index (Phi) is 5.74. The van der Waals surface area contributed by atoms with Gasteiger partial charge in [0.25, 0.3) is 0 Å². The van der Waals surface area contributed by atoms with Crippen LogP contribution in [0.2, 0.25) is 5.02 Å². The number of alkyl halides is 3. The monoisotopic (exact) mass is 391 g/mol. The molecule has 2 rings (SSSR count). The Bertz CT molecular complexity index is 848. The van der Waals surface area contributed by atoms with E-state index < -0.39 is 33.2 Å². The van der Waals surface area contributed by atoms with E-state index >= 15 is 0 Å². The molecule has 134 valence electrons. The largest absolute Gasteiger partial charge is 0.416 e. The Hall–Kier alpha value is -2.06. The maximum absolute atomic E-state index is 12.5. The molecule has 0 aliphatic rings. The zero-order chi connectivity index (χ0) is 18.7. The maximum Gasteiger partial charge on any atom is 0.416 e. The third-order valence-corrected chi connectivity index (χ3v) is 5.25. The maximum atomic E-state index is 12.5. The highest BCUT2D eigenvalue weighted by Gasteiger charge is 2.30. The fourth-order valence-electron chi connectivity index (χ4n) is 1.95. The number of anilines is 1. The van der Waals surface area contributed by atoms with Gasteiger partial charge in [-0.25, -0.2) is 8.42 Å². The van der Waals surface area contributed by atoms with Gasteiger partial charge >= 0.3 is 6.18 Å². The number of benzene rings is 2. The minimum atomic E-state index is -4.46. The lowest BCUT2D eigenvalue weighted by atomic mass is 10.2. The zero-order valence-electron chi connectivity index (χ0n) is 12.7. The minimum absolute atomic E-state index is 0.0410. The molecule has 0 radical (unpaired) electrons. The SMILES string of the molecule is O=C(CCS(=O)(=O)c1ccc(Cl)cc1)Nc1ccc(C(F)(F)F)cc1. The summed E-state index contributed by atoms with van der Waals surface area (Å²) in [7, 11) is -3.66. The molecule has 4 nitrogen and oxygen atoms in total. The predicted molar refractivity (Wildman–Crippen MR) is 88.2 cm³/mol. The molecule has 0 unspecified atom stereocenters. The molecule has 2 aromatic rings. The van der Waals surface area contributed by atoms with Gasteiger partial charge in [0.15, 0.2) is 9.84 Å². The van der Waals surface area contributed by atoms with Crippen LogP contribution < -0.4 is 5.32 Å². The summed E-state index contributed by atoms with van der Waals surface area (Å²) in [5.74, 6) is -1.04. The van der Waals surface area contributed by atoms with Crippen LogP contribution in [0.4, 0.5) is 18.9 Å². The van der Waals surface area contributed by atoms with Gasteiger partial charge in [-0.1, -0.05) is 11.6 Å². The van der Waals surface area contributed by atoms with Gasteiger partial charge in [0.1, 0.15) is 0 Å². The van der Waals surface area contributed by atoms with Gasteiger partial charge in [0.05, 0.1) is 16.2 Å². The van der Waals surface area contributed by atoms with E-state index in [1.807, 2.05) is 0 Å². The molecular weight excluding hydrogens is 379 g/mol. The lowest BCUT2D eigenvalue weighted by Crippen LogP contribution is -2.17. The highest BCUT2D eigenvalue weighted by molar-refractivity contribution is 7.91. The number of nitrogens with one attached hydrogen (secondary N) is 1. The number of halogens is 4. The Morgan fingerprint density at radius 3 is 2.08 bits per heavy atom. The Morgan fingerprint density at radius 1 is 1.00 bits per heavy atom. The highest BCUT2D eigenvalue weighted by Crippen LogP contribution is 2.29. The van der Waals surface area contributed by atoms with E-state index in [4.69, 9.17) is 11.6 Å². The molecule has 0 saturated heterocycles. The quantitative estimate of drug-likeness (QED) is 0.832.